The molecule has 1 unspecified atom stereocenters. The molecular formula is C10H17NO2. The second-order valence-electron chi connectivity index (χ2n) is 4.37. The van der Waals surface area contributed by atoms with Crippen molar-refractivity contribution in [1.82, 2.24) is 4.90 Å². The Labute approximate surface area is 78.7 Å². The average molecular weight is 183 g/mol. The van der Waals surface area contributed by atoms with Crippen molar-refractivity contribution < 1.29 is 9.90 Å². The van der Waals surface area contributed by atoms with E-state index in [1.807, 2.05) is 0 Å². The lowest BCUT2D eigenvalue weighted by Gasteiger charge is -2.46. The van der Waals surface area contributed by atoms with Crippen LogP contribution in [0.15, 0.2) is 0 Å². The third-order valence-electron chi connectivity index (χ3n) is 3.40. The smallest absolute Gasteiger partial charge is 0.251 e. The van der Waals surface area contributed by atoms with Gasteiger partial charge in [-0.05, 0) is 18.8 Å². The Morgan fingerprint density at radius 2 is 2.00 bits per heavy atom. The maximum atomic E-state index is 11.3. The highest BCUT2D eigenvalue weighted by atomic mass is 16.3. The Morgan fingerprint density at radius 1 is 1.38 bits per heavy atom. The molecule has 0 spiro atoms. The topological polar surface area (TPSA) is 40.5 Å². The highest BCUT2D eigenvalue weighted by Gasteiger charge is 2.39. The second-order valence-corrected chi connectivity index (χ2v) is 4.37. The molecule has 0 radical (unpaired) electrons. The van der Waals surface area contributed by atoms with Gasteiger partial charge in [0.1, 0.15) is 6.10 Å². The zero-order chi connectivity index (χ0) is 9.42. The minimum atomic E-state index is -0.817. The van der Waals surface area contributed by atoms with Crippen LogP contribution in [0, 0.1) is 11.8 Å². The number of amides is 1. The SMILES string of the molecule is CC(O)C(=O)N1CC(C2CCC2)C1. The van der Waals surface area contributed by atoms with Crippen LogP contribution in [0.4, 0.5) is 0 Å². The van der Waals surface area contributed by atoms with Gasteiger partial charge in [-0.1, -0.05) is 19.3 Å². The van der Waals surface area contributed by atoms with Crippen molar-refractivity contribution in [2.45, 2.75) is 32.3 Å². The zero-order valence-electron chi connectivity index (χ0n) is 8.07. The lowest BCUT2D eigenvalue weighted by molar-refractivity contribution is -0.148. The first kappa shape index (κ1) is 9.00. The van der Waals surface area contributed by atoms with Crippen LogP contribution in [0.1, 0.15) is 26.2 Å². The van der Waals surface area contributed by atoms with Crippen LogP contribution < -0.4 is 0 Å². The van der Waals surface area contributed by atoms with Crippen LogP contribution in [0.3, 0.4) is 0 Å². The van der Waals surface area contributed by atoms with Gasteiger partial charge < -0.3 is 10.0 Å². The summed E-state index contributed by atoms with van der Waals surface area (Å²) in [6, 6.07) is 0. The quantitative estimate of drug-likeness (QED) is 0.682. The van der Waals surface area contributed by atoms with Gasteiger partial charge in [-0.2, -0.15) is 0 Å². The van der Waals surface area contributed by atoms with Gasteiger partial charge in [-0.15, -0.1) is 0 Å². The van der Waals surface area contributed by atoms with Gasteiger partial charge in [-0.3, -0.25) is 4.79 Å². The normalized spacial score (nSPS) is 26.5. The van der Waals surface area contributed by atoms with Crippen LogP contribution in [0.2, 0.25) is 0 Å². The molecule has 3 nitrogen and oxygen atoms in total. The third kappa shape index (κ3) is 1.57. The van der Waals surface area contributed by atoms with Crippen molar-refractivity contribution in [2.75, 3.05) is 13.1 Å². The summed E-state index contributed by atoms with van der Waals surface area (Å²) >= 11 is 0. The minimum Gasteiger partial charge on any atom is -0.384 e. The van der Waals surface area contributed by atoms with Crippen LogP contribution >= 0.6 is 0 Å². The lowest BCUT2D eigenvalue weighted by Crippen LogP contribution is -2.56. The minimum absolute atomic E-state index is 0.101. The van der Waals surface area contributed by atoms with Crippen molar-refractivity contribution >= 4 is 5.91 Å². The summed E-state index contributed by atoms with van der Waals surface area (Å²) in [4.78, 5) is 13.0. The van der Waals surface area contributed by atoms with E-state index in [1.165, 1.54) is 19.3 Å². The summed E-state index contributed by atoms with van der Waals surface area (Å²) in [5.41, 5.74) is 0. The van der Waals surface area contributed by atoms with Gasteiger partial charge in [0.05, 0.1) is 0 Å². The highest BCUT2D eigenvalue weighted by Crippen LogP contribution is 2.38. The molecule has 3 heteroatoms. The van der Waals surface area contributed by atoms with E-state index in [-0.39, 0.29) is 5.91 Å². The monoisotopic (exact) mass is 183 g/mol. The van der Waals surface area contributed by atoms with Gasteiger partial charge in [0.25, 0.3) is 5.91 Å². The van der Waals surface area contributed by atoms with Crippen molar-refractivity contribution in [3.8, 4) is 0 Å². The molecule has 74 valence electrons. The molecule has 1 atom stereocenters. The molecule has 2 aliphatic rings. The van der Waals surface area contributed by atoms with Gasteiger partial charge in [0.2, 0.25) is 0 Å². The number of rotatable bonds is 2. The molecular weight excluding hydrogens is 166 g/mol. The Bertz CT molecular complexity index is 205. The number of aliphatic hydroxyl groups excluding tert-OH is 1. The number of aliphatic hydroxyl groups is 1. The molecule has 1 saturated carbocycles. The molecule has 1 saturated heterocycles. The first-order valence-corrected chi connectivity index (χ1v) is 5.15. The van der Waals surface area contributed by atoms with E-state index < -0.39 is 6.10 Å². The van der Waals surface area contributed by atoms with Crippen molar-refractivity contribution in [1.29, 1.82) is 0 Å². The Balaban J connectivity index is 1.74. The summed E-state index contributed by atoms with van der Waals surface area (Å²) in [5.74, 6) is 1.50. The van der Waals surface area contributed by atoms with Crippen LogP contribution in [0.5, 0.6) is 0 Å². The molecule has 13 heavy (non-hydrogen) atoms. The Morgan fingerprint density at radius 3 is 2.38 bits per heavy atom. The molecule has 0 aromatic heterocycles. The standard InChI is InChI=1S/C10H17NO2/c1-7(12)10(13)11-5-9(6-11)8-3-2-4-8/h7-9,12H,2-6H2,1H3. The number of likely N-dealkylation sites (tertiary alicyclic amines) is 1. The highest BCUT2D eigenvalue weighted by molar-refractivity contribution is 5.80. The van der Waals surface area contributed by atoms with Gasteiger partial charge in [-0.25, -0.2) is 0 Å². The number of carbonyl (C=O) groups excluding carboxylic acids is 1. The van der Waals surface area contributed by atoms with Crippen molar-refractivity contribution in [3.63, 3.8) is 0 Å². The molecule has 0 aromatic rings. The molecule has 1 amide bonds. The Hall–Kier alpha value is -0.570. The van der Waals surface area contributed by atoms with E-state index in [1.54, 1.807) is 11.8 Å². The first-order chi connectivity index (χ1) is 6.18. The van der Waals surface area contributed by atoms with E-state index in [0.29, 0.717) is 0 Å². The Kier molecular flexibility index (Phi) is 2.28. The number of nitrogens with zero attached hydrogens (tertiary/aromatic N) is 1. The van der Waals surface area contributed by atoms with E-state index >= 15 is 0 Å². The maximum Gasteiger partial charge on any atom is 0.251 e. The molecule has 0 aromatic carbocycles. The van der Waals surface area contributed by atoms with E-state index in [0.717, 1.165) is 24.9 Å². The van der Waals surface area contributed by atoms with E-state index in [2.05, 4.69) is 0 Å². The summed E-state index contributed by atoms with van der Waals surface area (Å²) in [6.45, 7) is 3.31. The fourth-order valence-electron chi connectivity index (χ4n) is 2.17. The van der Waals surface area contributed by atoms with Gasteiger partial charge in [0.15, 0.2) is 0 Å². The third-order valence-corrected chi connectivity index (χ3v) is 3.40. The fourth-order valence-corrected chi connectivity index (χ4v) is 2.17. The molecule has 1 heterocycles. The molecule has 0 bridgehead atoms. The summed E-state index contributed by atoms with van der Waals surface area (Å²) in [7, 11) is 0. The van der Waals surface area contributed by atoms with Gasteiger partial charge >= 0.3 is 0 Å². The van der Waals surface area contributed by atoms with Crippen LogP contribution in [0.25, 0.3) is 0 Å². The maximum absolute atomic E-state index is 11.3. The molecule has 1 aliphatic heterocycles. The second kappa shape index (κ2) is 3.29. The number of hydrogen-bond acceptors (Lipinski definition) is 2. The van der Waals surface area contributed by atoms with Crippen LogP contribution in [-0.4, -0.2) is 35.1 Å². The van der Waals surface area contributed by atoms with Crippen LogP contribution in [-0.2, 0) is 4.79 Å². The predicted octanol–water partition coefficient (Wildman–Crippen LogP) is 0.626. The fraction of sp³-hybridized carbons (Fsp3) is 0.900. The first-order valence-electron chi connectivity index (χ1n) is 5.15. The predicted molar refractivity (Wildman–Crippen MR) is 49.1 cm³/mol. The van der Waals surface area contributed by atoms with E-state index in [4.69, 9.17) is 5.11 Å². The molecule has 1 aliphatic carbocycles. The van der Waals surface area contributed by atoms with E-state index in [9.17, 15) is 4.79 Å². The lowest BCUT2D eigenvalue weighted by atomic mass is 9.72. The van der Waals surface area contributed by atoms with Crippen molar-refractivity contribution in [3.05, 3.63) is 0 Å². The number of carbonyl (C=O) groups is 1. The van der Waals surface area contributed by atoms with Crippen molar-refractivity contribution in [2.24, 2.45) is 11.8 Å². The largest absolute Gasteiger partial charge is 0.384 e. The summed E-state index contributed by atoms with van der Waals surface area (Å²) in [5, 5.41) is 9.06. The van der Waals surface area contributed by atoms with Gasteiger partial charge in [0, 0.05) is 13.1 Å². The summed E-state index contributed by atoms with van der Waals surface area (Å²) in [6.07, 6.45) is 3.25. The number of hydrogen-bond donors (Lipinski definition) is 1. The zero-order valence-corrected chi connectivity index (χ0v) is 8.07. The molecule has 1 N–H and O–H groups in total. The molecule has 2 fully saturated rings. The molecule has 2 rings (SSSR count). The average Bonchev–Trinajstić information content (AvgIpc) is 1.90. The summed E-state index contributed by atoms with van der Waals surface area (Å²) < 4.78 is 0.